The van der Waals surface area contributed by atoms with Crippen LogP contribution in [0.25, 0.3) is 0 Å². The van der Waals surface area contributed by atoms with Gasteiger partial charge in [0.25, 0.3) is 0 Å². The third kappa shape index (κ3) is 7.53. The summed E-state index contributed by atoms with van der Waals surface area (Å²) in [6, 6.07) is 0. The van der Waals surface area contributed by atoms with Gasteiger partial charge < -0.3 is 14.2 Å². The first-order chi connectivity index (χ1) is 14.6. The van der Waals surface area contributed by atoms with Crippen molar-refractivity contribution in [3.05, 3.63) is 25.3 Å². The minimum atomic E-state index is -0.713. The minimum Gasteiger partial charge on any atom is -0.453 e. The lowest BCUT2D eigenvalue weighted by Gasteiger charge is -2.38. The predicted molar refractivity (Wildman–Crippen MR) is 122 cm³/mol. The van der Waals surface area contributed by atoms with Crippen molar-refractivity contribution in [3.63, 3.8) is 0 Å². The van der Waals surface area contributed by atoms with Gasteiger partial charge in [-0.3, -0.25) is 0 Å². The van der Waals surface area contributed by atoms with Gasteiger partial charge in [-0.2, -0.15) is 0 Å². The Bertz CT molecular complexity index is 523. The summed E-state index contributed by atoms with van der Waals surface area (Å²) in [4.78, 5) is 12.2. The second-order valence-corrected chi connectivity index (χ2v) is 9.15. The van der Waals surface area contributed by atoms with E-state index in [1.807, 2.05) is 6.08 Å². The molecule has 1 spiro atoms. The van der Waals surface area contributed by atoms with Gasteiger partial charge in [-0.25, -0.2) is 4.79 Å². The number of hydrogen-bond donors (Lipinski definition) is 0. The van der Waals surface area contributed by atoms with E-state index in [9.17, 15) is 4.79 Å². The van der Waals surface area contributed by atoms with Gasteiger partial charge in [-0.15, -0.1) is 6.58 Å². The van der Waals surface area contributed by atoms with Crippen LogP contribution in [0, 0.1) is 0 Å². The second kappa shape index (κ2) is 13.3. The predicted octanol–water partition coefficient (Wildman–Crippen LogP) is 7.03. The van der Waals surface area contributed by atoms with E-state index in [0.717, 1.165) is 44.9 Å². The molecule has 4 nitrogen and oxygen atoms in total. The number of rotatable bonds is 15. The molecule has 2 atom stereocenters. The van der Waals surface area contributed by atoms with Crippen molar-refractivity contribution in [3.8, 4) is 0 Å². The third-order valence-corrected chi connectivity index (χ3v) is 6.72. The van der Waals surface area contributed by atoms with E-state index in [4.69, 9.17) is 14.2 Å². The Kier molecular flexibility index (Phi) is 11.2. The number of carbonyl (C=O) groups excluding carboxylic acids is 1. The molecule has 4 heteroatoms. The maximum Gasteiger partial charge on any atom is 0.330 e. The average Bonchev–Trinajstić information content (AvgIpc) is 3.16. The molecule has 0 unspecified atom stereocenters. The summed E-state index contributed by atoms with van der Waals surface area (Å²) < 4.78 is 18.7. The van der Waals surface area contributed by atoms with Crippen molar-refractivity contribution in [1.82, 2.24) is 0 Å². The fourth-order valence-corrected chi connectivity index (χ4v) is 4.94. The van der Waals surface area contributed by atoms with Crippen molar-refractivity contribution in [1.29, 1.82) is 0 Å². The molecular weight excluding hydrogens is 376 g/mol. The summed E-state index contributed by atoms with van der Waals surface area (Å²) in [6.07, 6.45) is 20.9. The number of esters is 1. The van der Waals surface area contributed by atoms with Gasteiger partial charge in [0.05, 0.1) is 6.61 Å². The number of ether oxygens (including phenoxy) is 3. The Hall–Kier alpha value is -1.13. The van der Waals surface area contributed by atoms with E-state index in [1.54, 1.807) is 0 Å². The monoisotopic (exact) mass is 420 g/mol. The summed E-state index contributed by atoms with van der Waals surface area (Å²) >= 11 is 0. The Morgan fingerprint density at radius 2 is 1.67 bits per heavy atom. The highest BCUT2D eigenvalue weighted by Gasteiger charge is 2.52. The van der Waals surface area contributed by atoms with Crippen LogP contribution in [0.15, 0.2) is 25.3 Å². The molecule has 1 aliphatic carbocycles. The molecule has 0 radical (unpaired) electrons. The molecule has 0 aromatic heterocycles. The highest BCUT2D eigenvalue weighted by Crippen LogP contribution is 2.43. The molecule has 1 aliphatic heterocycles. The molecule has 1 heterocycles. The van der Waals surface area contributed by atoms with E-state index in [2.05, 4.69) is 20.1 Å². The van der Waals surface area contributed by atoms with Crippen LogP contribution in [-0.2, 0) is 19.0 Å². The second-order valence-electron chi connectivity index (χ2n) is 9.15. The molecule has 30 heavy (non-hydrogen) atoms. The Balaban J connectivity index is 1.91. The van der Waals surface area contributed by atoms with Crippen LogP contribution in [-0.4, -0.2) is 30.1 Å². The van der Waals surface area contributed by atoms with E-state index >= 15 is 0 Å². The lowest BCUT2D eigenvalue weighted by molar-refractivity contribution is -0.215. The van der Waals surface area contributed by atoms with Gasteiger partial charge in [0.15, 0.2) is 5.79 Å². The Morgan fingerprint density at radius 3 is 2.27 bits per heavy atom. The molecule has 1 saturated heterocycles. The highest BCUT2D eigenvalue weighted by molar-refractivity contribution is 5.81. The fourth-order valence-electron chi connectivity index (χ4n) is 4.94. The molecule has 0 aromatic carbocycles. The quantitative estimate of drug-likeness (QED) is 0.123. The first-order valence-corrected chi connectivity index (χ1v) is 12.4. The Labute approximate surface area is 184 Å². The SMILES string of the molecule is C=CC[C@@](CCCCCCCCCCC)(OC(=O)C=C)[C@H]1COC2(CCCCC2)O1. The zero-order valence-corrected chi connectivity index (χ0v) is 19.3. The summed E-state index contributed by atoms with van der Waals surface area (Å²) in [6.45, 7) is 10.3. The van der Waals surface area contributed by atoms with Gasteiger partial charge >= 0.3 is 5.97 Å². The number of carbonyl (C=O) groups is 1. The molecule has 0 N–H and O–H groups in total. The zero-order chi connectivity index (χ0) is 21.7. The topological polar surface area (TPSA) is 44.8 Å². The molecule has 2 rings (SSSR count). The van der Waals surface area contributed by atoms with Gasteiger partial charge in [-0.1, -0.05) is 77.4 Å². The lowest BCUT2D eigenvalue weighted by Crippen LogP contribution is -2.48. The van der Waals surface area contributed by atoms with Crippen molar-refractivity contribution in [2.24, 2.45) is 0 Å². The Morgan fingerprint density at radius 1 is 1.03 bits per heavy atom. The van der Waals surface area contributed by atoms with Crippen LogP contribution >= 0.6 is 0 Å². The van der Waals surface area contributed by atoms with Crippen LogP contribution in [0.3, 0.4) is 0 Å². The van der Waals surface area contributed by atoms with Gasteiger partial charge in [0, 0.05) is 25.3 Å². The van der Waals surface area contributed by atoms with Crippen LogP contribution in [0.4, 0.5) is 0 Å². The van der Waals surface area contributed by atoms with Crippen LogP contribution in [0.5, 0.6) is 0 Å². The molecule has 0 amide bonds. The molecule has 0 bridgehead atoms. The molecule has 172 valence electrons. The smallest absolute Gasteiger partial charge is 0.330 e. The van der Waals surface area contributed by atoms with Crippen molar-refractivity contribution in [2.75, 3.05) is 6.61 Å². The van der Waals surface area contributed by atoms with Gasteiger partial charge in [0.2, 0.25) is 0 Å². The maximum absolute atomic E-state index is 12.2. The van der Waals surface area contributed by atoms with E-state index in [1.165, 1.54) is 57.4 Å². The molecule has 2 aliphatic rings. The summed E-state index contributed by atoms with van der Waals surface area (Å²) in [7, 11) is 0. The summed E-state index contributed by atoms with van der Waals surface area (Å²) in [5.41, 5.74) is -0.713. The van der Waals surface area contributed by atoms with Crippen LogP contribution in [0.2, 0.25) is 0 Å². The largest absolute Gasteiger partial charge is 0.453 e. The zero-order valence-electron chi connectivity index (χ0n) is 19.3. The molecule has 0 aromatic rings. The summed E-state index contributed by atoms with van der Waals surface area (Å²) in [5.74, 6) is -0.866. The number of hydrogen-bond acceptors (Lipinski definition) is 4. The fraction of sp³-hybridized carbons (Fsp3) is 0.808. The normalized spacial score (nSPS) is 22.5. The first kappa shape index (κ1) is 25.1. The molecular formula is C26H44O4. The summed E-state index contributed by atoms with van der Waals surface area (Å²) in [5, 5.41) is 0. The van der Waals surface area contributed by atoms with E-state index in [-0.39, 0.29) is 12.1 Å². The van der Waals surface area contributed by atoms with Crippen molar-refractivity contribution >= 4 is 5.97 Å². The highest BCUT2D eigenvalue weighted by atomic mass is 16.8. The third-order valence-electron chi connectivity index (χ3n) is 6.72. The lowest BCUT2D eigenvalue weighted by atomic mass is 9.86. The number of unbranched alkanes of at least 4 members (excludes halogenated alkanes) is 8. The standard InChI is InChI=1S/C26H44O4/c1-4-7-8-9-10-11-12-13-15-19-25(18-5-2,30-24(27)6-3)23-22-28-26(29-23)20-16-14-17-21-26/h5-6,23H,2-4,7-22H2,1H3/t23-,25+/m1/s1. The van der Waals surface area contributed by atoms with Crippen LogP contribution in [0.1, 0.15) is 110 Å². The average molecular weight is 421 g/mol. The van der Waals surface area contributed by atoms with E-state index < -0.39 is 11.4 Å². The van der Waals surface area contributed by atoms with Crippen molar-refractivity contribution in [2.45, 2.75) is 127 Å². The molecule has 1 saturated carbocycles. The minimum absolute atomic E-state index is 0.244. The van der Waals surface area contributed by atoms with Crippen LogP contribution < -0.4 is 0 Å². The molecule has 2 fully saturated rings. The maximum atomic E-state index is 12.2. The van der Waals surface area contributed by atoms with Gasteiger partial charge in [0.1, 0.15) is 11.7 Å². The van der Waals surface area contributed by atoms with Gasteiger partial charge in [-0.05, 0) is 25.7 Å². The van der Waals surface area contributed by atoms with Crippen molar-refractivity contribution < 1.29 is 19.0 Å². The van der Waals surface area contributed by atoms with E-state index in [0.29, 0.717) is 13.0 Å². The first-order valence-electron chi connectivity index (χ1n) is 12.4.